The second-order valence-corrected chi connectivity index (χ2v) is 10.8. The molecule has 0 unspecified atom stereocenters. The molecule has 0 aromatic rings. The summed E-state index contributed by atoms with van der Waals surface area (Å²) in [5.74, 6) is 4.28. The van der Waals surface area contributed by atoms with Crippen LogP contribution >= 0.6 is 70.6 Å². The number of aliphatic hydroxyl groups excluding tert-OH is 1. The van der Waals surface area contributed by atoms with Gasteiger partial charge in [0.2, 0.25) is 0 Å². The molecular formula is C11H22O2S6. The lowest BCUT2D eigenvalue weighted by molar-refractivity contribution is -0.110. The van der Waals surface area contributed by atoms with Gasteiger partial charge in [-0.25, -0.2) is 0 Å². The van der Waals surface area contributed by atoms with Crippen LogP contribution < -0.4 is 0 Å². The van der Waals surface area contributed by atoms with E-state index in [-0.39, 0.29) is 5.94 Å². The lowest BCUT2D eigenvalue weighted by Crippen LogP contribution is -1.95. The molecule has 0 saturated heterocycles. The first-order chi connectivity index (χ1) is 9.31. The van der Waals surface area contributed by atoms with E-state index in [1.165, 1.54) is 29.3 Å². The van der Waals surface area contributed by atoms with Crippen molar-refractivity contribution in [1.82, 2.24) is 0 Å². The molecule has 0 atom stereocenters. The average Bonchev–Trinajstić information content (AvgIpc) is 2.41. The molecule has 19 heavy (non-hydrogen) atoms. The van der Waals surface area contributed by atoms with Crippen molar-refractivity contribution >= 4 is 75.7 Å². The van der Waals surface area contributed by atoms with Crippen LogP contribution in [0, 0.1) is 0 Å². The maximum atomic E-state index is 11.5. The molecule has 0 aromatic carbocycles. The number of aliphatic hydroxyl groups is 1. The molecule has 0 rings (SSSR count). The minimum atomic E-state index is 0.193. The lowest BCUT2D eigenvalue weighted by atomic mass is 10.5. The van der Waals surface area contributed by atoms with E-state index in [0.717, 1.165) is 32.5 Å². The van der Waals surface area contributed by atoms with Crippen molar-refractivity contribution in [3.05, 3.63) is 0 Å². The number of hydrogen-bond donors (Lipinski definition) is 1. The standard InChI is InChI=1S/C11H22O2S6/c1-2-14-8-18-9-16-4-3-11(13)19-10-17-6-5-15-7-12/h12H,2-10H2,1H3. The fourth-order valence-corrected chi connectivity index (χ4v) is 6.94. The third kappa shape index (κ3) is 17.7. The third-order valence-corrected chi connectivity index (χ3v) is 8.41. The monoisotopic (exact) mass is 378 g/mol. The average molecular weight is 379 g/mol. The van der Waals surface area contributed by atoms with Crippen LogP contribution in [0.2, 0.25) is 0 Å². The van der Waals surface area contributed by atoms with Crippen molar-refractivity contribution in [2.75, 3.05) is 44.2 Å². The van der Waals surface area contributed by atoms with Gasteiger partial charge in [-0.1, -0.05) is 18.7 Å². The SMILES string of the molecule is CCSCSCSCCC(=O)SCSCCSCO. The van der Waals surface area contributed by atoms with Crippen molar-refractivity contribution in [3.8, 4) is 0 Å². The first-order valence-corrected chi connectivity index (χ1v) is 12.7. The summed E-state index contributed by atoms with van der Waals surface area (Å²) in [7, 11) is 0. The number of hydrogen-bond acceptors (Lipinski definition) is 8. The van der Waals surface area contributed by atoms with Gasteiger partial charge in [0.1, 0.15) is 0 Å². The summed E-state index contributed by atoms with van der Waals surface area (Å²) in [5.41, 5.74) is 0. The normalized spacial score (nSPS) is 10.8. The molecule has 0 bridgehead atoms. The summed E-state index contributed by atoms with van der Waals surface area (Å²) in [6, 6.07) is 0. The molecule has 8 heteroatoms. The second-order valence-electron chi connectivity index (χ2n) is 3.17. The molecule has 0 spiro atoms. The predicted molar refractivity (Wildman–Crippen MR) is 102 cm³/mol. The Morgan fingerprint density at radius 3 is 2.32 bits per heavy atom. The van der Waals surface area contributed by atoms with E-state index in [0.29, 0.717) is 11.5 Å². The van der Waals surface area contributed by atoms with Crippen molar-refractivity contribution in [2.45, 2.75) is 13.3 Å². The molecule has 0 aliphatic carbocycles. The van der Waals surface area contributed by atoms with Crippen LogP contribution in [0.25, 0.3) is 0 Å². The molecule has 1 N–H and O–H groups in total. The van der Waals surface area contributed by atoms with Crippen LogP contribution in [-0.4, -0.2) is 54.4 Å². The summed E-state index contributed by atoms with van der Waals surface area (Å²) in [6.45, 7) is 2.18. The molecule has 0 aliphatic rings. The van der Waals surface area contributed by atoms with Crippen LogP contribution in [0.1, 0.15) is 13.3 Å². The van der Waals surface area contributed by atoms with Crippen LogP contribution in [-0.2, 0) is 4.79 Å². The summed E-state index contributed by atoms with van der Waals surface area (Å²) in [4.78, 5) is 11.5. The van der Waals surface area contributed by atoms with Crippen molar-refractivity contribution in [3.63, 3.8) is 0 Å². The van der Waals surface area contributed by atoms with Gasteiger partial charge in [-0.05, 0) is 5.75 Å². The van der Waals surface area contributed by atoms with E-state index >= 15 is 0 Å². The van der Waals surface area contributed by atoms with E-state index < -0.39 is 0 Å². The fraction of sp³-hybridized carbons (Fsp3) is 0.909. The van der Waals surface area contributed by atoms with Gasteiger partial charge in [0.15, 0.2) is 5.12 Å². The topological polar surface area (TPSA) is 37.3 Å². The van der Waals surface area contributed by atoms with Gasteiger partial charge in [-0.15, -0.1) is 35.3 Å². The highest BCUT2D eigenvalue weighted by Gasteiger charge is 2.02. The van der Waals surface area contributed by atoms with Crippen molar-refractivity contribution in [1.29, 1.82) is 0 Å². The molecule has 0 radical (unpaired) electrons. The van der Waals surface area contributed by atoms with Gasteiger partial charge in [0.25, 0.3) is 0 Å². The van der Waals surface area contributed by atoms with Gasteiger partial charge in [-0.3, -0.25) is 4.79 Å². The zero-order valence-electron chi connectivity index (χ0n) is 11.2. The van der Waals surface area contributed by atoms with Crippen molar-refractivity contribution < 1.29 is 9.90 Å². The molecular weight excluding hydrogens is 357 g/mol. The van der Waals surface area contributed by atoms with Crippen molar-refractivity contribution in [2.24, 2.45) is 0 Å². The quantitative estimate of drug-likeness (QED) is 0.357. The summed E-state index contributed by atoms with van der Waals surface area (Å²) < 4.78 is 0. The second kappa shape index (κ2) is 17.8. The number of carbonyl (C=O) groups is 1. The van der Waals surface area contributed by atoms with Gasteiger partial charge in [-0.2, -0.15) is 23.5 Å². The molecule has 0 aliphatic heterocycles. The predicted octanol–water partition coefficient (Wildman–Crippen LogP) is 4.14. The highest BCUT2D eigenvalue weighted by molar-refractivity contribution is 8.24. The van der Waals surface area contributed by atoms with Crippen LogP contribution in [0.4, 0.5) is 0 Å². The Kier molecular flexibility index (Phi) is 19.4. The van der Waals surface area contributed by atoms with Crippen LogP contribution in [0.5, 0.6) is 0 Å². The van der Waals surface area contributed by atoms with E-state index in [9.17, 15) is 4.79 Å². The zero-order chi connectivity index (χ0) is 14.2. The Morgan fingerprint density at radius 1 is 0.895 bits per heavy atom. The molecule has 2 nitrogen and oxygen atoms in total. The van der Waals surface area contributed by atoms with Gasteiger partial charge in [0.05, 0.1) is 5.94 Å². The zero-order valence-corrected chi connectivity index (χ0v) is 16.1. The van der Waals surface area contributed by atoms with E-state index in [2.05, 4.69) is 6.92 Å². The first kappa shape index (κ1) is 20.7. The Hall–Kier alpha value is 1.73. The van der Waals surface area contributed by atoms with Gasteiger partial charge >= 0.3 is 0 Å². The Balaban J connectivity index is 3.13. The summed E-state index contributed by atoms with van der Waals surface area (Å²) in [5, 5.41) is 12.0. The smallest absolute Gasteiger partial charge is 0.190 e. The Morgan fingerprint density at radius 2 is 1.58 bits per heavy atom. The Labute approximate surface area is 142 Å². The molecule has 0 heterocycles. The fourth-order valence-electron chi connectivity index (χ4n) is 0.871. The third-order valence-electron chi connectivity index (χ3n) is 1.75. The van der Waals surface area contributed by atoms with E-state index in [1.54, 1.807) is 11.8 Å². The molecule has 114 valence electrons. The lowest BCUT2D eigenvalue weighted by Gasteiger charge is -2.02. The minimum Gasteiger partial charge on any atom is -0.386 e. The largest absolute Gasteiger partial charge is 0.386 e. The minimum absolute atomic E-state index is 0.193. The van der Waals surface area contributed by atoms with E-state index in [4.69, 9.17) is 5.11 Å². The maximum Gasteiger partial charge on any atom is 0.190 e. The highest BCUT2D eigenvalue weighted by Crippen LogP contribution is 2.20. The molecule has 0 fully saturated rings. The number of thioether (sulfide) groups is 6. The first-order valence-electron chi connectivity index (χ1n) is 5.96. The molecule has 0 saturated carbocycles. The van der Waals surface area contributed by atoms with Gasteiger partial charge in [0, 0.05) is 38.9 Å². The summed E-state index contributed by atoms with van der Waals surface area (Å²) in [6.07, 6.45) is 0.683. The van der Waals surface area contributed by atoms with Gasteiger partial charge < -0.3 is 5.11 Å². The molecule has 0 aromatic heterocycles. The Bertz CT molecular complexity index is 206. The molecule has 0 amide bonds. The highest BCUT2D eigenvalue weighted by atomic mass is 32.2. The van der Waals surface area contributed by atoms with Crippen LogP contribution in [0.3, 0.4) is 0 Å². The number of carbonyl (C=O) groups excluding carboxylic acids is 1. The summed E-state index contributed by atoms with van der Waals surface area (Å²) >= 11 is 10.5. The van der Waals surface area contributed by atoms with Crippen LogP contribution in [0.15, 0.2) is 0 Å². The number of rotatable bonds is 14. The maximum absolute atomic E-state index is 11.5. The van der Waals surface area contributed by atoms with E-state index in [1.807, 2.05) is 35.3 Å².